The standard InChI is InChI=1S/C13H17FN2O2/c14-11-7-6-10(13(8-11)16(17)18)9-15-12-4-2-1-3-5-12/h6-8,12,15H,1-5,9H2. The smallest absolute Gasteiger partial charge is 0.276 e. The lowest BCUT2D eigenvalue weighted by Gasteiger charge is -2.22. The van der Waals surface area contributed by atoms with E-state index in [0.717, 1.165) is 18.9 Å². The van der Waals surface area contributed by atoms with Crippen LogP contribution in [-0.4, -0.2) is 11.0 Å². The van der Waals surface area contributed by atoms with Crippen LogP contribution in [-0.2, 0) is 6.54 Å². The number of halogens is 1. The molecule has 0 atom stereocenters. The van der Waals surface area contributed by atoms with Gasteiger partial charge in [0.15, 0.2) is 0 Å². The van der Waals surface area contributed by atoms with Crippen LogP contribution in [0.25, 0.3) is 0 Å². The highest BCUT2D eigenvalue weighted by molar-refractivity contribution is 5.40. The molecule has 1 saturated carbocycles. The van der Waals surface area contributed by atoms with Crippen LogP contribution < -0.4 is 5.32 Å². The molecule has 0 spiro atoms. The summed E-state index contributed by atoms with van der Waals surface area (Å²) in [6.07, 6.45) is 5.94. The van der Waals surface area contributed by atoms with Gasteiger partial charge in [0.05, 0.1) is 11.0 Å². The number of nitrogens with one attached hydrogen (secondary N) is 1. The van der Waals surface area contributed by atoms with Crippen molar-refractivity contribution in [3.63, 3.8) is 0 Å². The van der Waals surface area contributed by atoms with E-state index in [1.807, 2.05) is 0 Å². The third-order valence-corrected chi connectivity index (χ3v) is 3.43. The van der Waals surface area contributed by atoms with Crippen LogP contribution >= 0.6 is 0 Å². The van der Waals surface area contributed by atoms with E-state index in [-0.39, 0.29) is 5.69 Å². The molecule has 1 aromatic carbocycles. The van der Waals surface area contributed by atoms with Gasteiger partial charge in [-0.25, -0.2) is 4.39 Å². The molecular formula is C13H17FN2O2. The molecule has 0 radical (unpaired) electrons. The second kappa shape index (κ2) is 5.91. The summed E-state index contributed by atoms with van der Waals surface area (Å²) in [5.41, 5.74) is 0.408. The lowest BCUT2D eigenvalue weighted by Crippen LogP contribution is -2.30. The van der Waals surface area contributed by atoms with E-state index < -0.39 is 10.7 Å². The van der Waals surface area contributed by atoms with Crippen LogP contribution in [0, 0.1) is 15.9 Å². The Morgan fingerprint density at radius 1 is 1.33 bits per heavy atom. The van der Waals surface area contributed by atoms with Gasteiger partial charge in [-0.2, -0.15) is 0 Å². The highest BCUT2D eigenvalue weighted by Gasteiger charge is 2.17. The number of nitro groups is 1. The van der Waals surface area contributed by atoms with E-state index in [4.69, 9.17) is 0 Å². The minimum atomic E-state index is -0.567. The maximum absolute atomic E-state index is 13.0. The average molecular weight is 252 g/mol. The predicted octanol–water partition coefficient (Wildman–Crippen LogP) is 3.16. The molecule has 0 aliphatic heterocycles. The molecule has 1 aromatic rings. The first-order chi connectivity index (χ1) is 8.66. The number of benzene rings is 1. The first-order valence-corrected chi connectivity index (χ1v) is 6.33. The zero-order chi connectivity index (χ0) is 13.0. The molecular weight excluding hydrogens is 235 g/mol. The highest BCUT2D eigenvalue weighted by Crippen LogP contribution is 2.22. The van der Waals surface area contributed by atoms with Gasteiger partial charge in [0.25, 0.3) is 5.69 Å². The minimum Gasteiger partial charge on any atom is -0.310 e. The summed E-state index contributed by atoms with van der Waals surface area (Å²) in [5, 5.41) is 14.2. The lowest BCUT2D eigenvalue weighted by molar-refractivity contribution is -0.385. The Bertz CT molecular complexity index is 431. The molecule has 0 amide bonds. The van der Waals surface area contributed by atoms with Gasteiger partial charge in [-0.1, -0.05) is 19.3 Å². The molecule has 0 saturated heterocycles. The van der Waals surface area contributed by atoms with Crippen molar-refractivity contribution in [1.29, 1.82) is 0 Å². The van der Waals surface area contributed by atoms with Gasteiger partial charge in [0, 0.05) is 18.2 Å². The van der Waals surface area contributed by atoms with Crippen molar-refractivity contribution >= 4 is 5.69 Å². The van der Waals surface area contributed by atoms with Gasteiger partial charge in [-0.3, -0.25) is 10.1 Å². The van der Waals surface area contributed by atoms with E-state index >= 15 is 0 Å². The van der Waals surface area contributed by atoms with Gasteiger partial charge in [-0.05, 0) is 25.0 Å². The van der Waals surface area contributed by atoms with Crippen LogP contribution in [0.15, 0.2) is 18.2 Å². The molecule has 0 bridgehead atoms. The molecule has 2 rings (SSSR count). The van der Waals surface area contributed by atoms with Crippen molar-refractivity contribution in [3.8, 4) is 0 Å². The van der Waals surface area contributed by atoms with E-state index in [2.05, 4.69) is 5.32 Å². The molecule has 5 heteroatoms. The van der Waals surface area contributed by atoms with E-state index in [1.165, 1.54) is 31.4 Å². The van der Waals surface area contributed by atoms with Crippen molar-refractivity contribution in [2.24, 2.45) is 0 Å². The third kappa shape index (κ3) is 3.26. The summed E-state index contributed by atoms with van der Waals surface area (Å²) in [4.78, 5) is 10.3. The minimum absolute atomic E-state index is 0.140. The second-order valence-electron chi connectivity index (χ2n) is 4.75. The van der Waals surface area contributed by atoms with Gasteiger partial charge in [0.2, 0.25) is 0 Å². The first-order valence-electron chi connectivity index (χ1n) is 6.33. The molecule has 1 aliphatic carbocycles. The summed E-state index contributed by atoms with van der Waals surface area (Å²) in [5.74, 6) is -0.567. The number of rotatable bonds is 4. The molecule has 1 aliphatic rings. The largest absolute Gasteiger partial charge is 0.310 e. The van der Waals surface area contributed by atoms with Gasteiger partial charge >= 0.3 is 0 Å². The number of hydrogen-bond acceptors (Lipinski definition) is 3. The van der Waals surface area contributed by atoms with Crippen molar-refractivity contribution in [2.75, 3.05) is 0 Å². The van der Waals surface area contributed by atoms with Gasteiger partial charge in [0.1, 0.15) is 5.82 Å². The maximum Gasteiger partial charge on any atom is 0.276 e. The Kier molecular flexibility index (Phi) is 4.25. The SMILES string of the molecule is O=[N+]([O-])c1cc(F)ccc1CNC1CCCCC1. The summed E-state index contributed by atoms with van der Waals surface area (Å²) in [6.45, 7) is 0.432. The lowest BCUT2D eigenvalue weighted by atomic mass is 9.95. The molecule has 98 valence electrons. The monoisotopic (exact) mass is 252 g/mol. The maximum atomic E-state index is 13.0. The van der Waals surface area contributed by atoms with E-state index in [9.17, 15) is 14.5 Å². The molecule has 1 fully saturated rings. The van der Waals surface area contributed by atoms with E-state index in [1.54, 1.807) is 0 Å². The quantitative estimate of drug-likeness (QED) is 0.661. The van der Waals surface area contributed by atoms with Crippen LogP contribution in [0.1, 0.15) is 37.7 Å². The number of nitro benzene ring substituents is 1. The van der Waals surface area contributed by atoms with Crippen LogP contribution in [0.3, 0.4) is 0 Å². The Hall–Kier alpha value is -1.49. The van der Waals surface area contributed by atoms with Gasteiger partial charge < -0.3 is 5.32 Å². The Morgan fingerprint density at radius 3 is 2.72 bits per heavy atom. The molecule has 4 nitrogen and oxygen atoms in total. The zero-order valence-corrected chi connectivity index (χ0v) is 10.2. The molecule has 1 N–H and O–H groups in total. The second-order valence-corrected chi connectivity index (χ2v) is 4.75. The average Bonchev–Trinajstić information content (AvgIpc) is 2.38. The predicted molar refractivity (Wildman–Crippen MR) is 66.8 cm³/mol. The van der Waals surface area contributed by atoms with Crippen molar-refractivity contribution in [3.05, 3.63) is 39.7 Å². The van der Waals surface area contributed by atoms with Crippen LogP contribution in [0.4, 0.5) is 10.1 Å². The normalized spacial score (nSPS) is 16.7. The number of nitrogens with zero attached hydrogens (tertiary/aromatic N) is 1. The summed E-state index contributed by atoms with van der Waals surface area (Å²) in [7, 11) is 0. The fraction of sp³-hybridized carbons (Fsp3) is 0.538. The summed E-state index contributed by atoms with van der Waals surface area (Å²) in [6, 6.07) is 4.18. The molecule has 18 heavy (non-hydrogen) atoms. The topological polar surface area (TPSA) is 55.2 Å². The molecule has 0 unspecified atom stereocenters. The highest BCUT2D eigenvalue weighted by atomic mass is 19.1. The fourth-order valence-corrected chi connectivity index (χ4v) is 2.42. The Balaban J connectivity index is 2.01. The zero-order valence-electron chi connectivity index (χ0n) is 10.2. The summed E-state index contributed by atoms with van der Waals surface area (Å²) < 4.78 is 13.0. The van der Waals surface area contributed by atoms with Crippen LogP contribution in [0.5, 0.6) is 0 Å². The first kappa shape index (κ1) is 13.0. The summed E-state index contributed by atoms with van der Waals surface area (Å²) >= 11 is 0. The van der Waals surface area contributed by atoms with Crippen molar-refractivity contribution in [1.82, 2.24) is 5.32 Å². The van der Waals surface area contributed by atoms with E-state index in [0.29, 0.717) is 18.2 Å². The Morgan fingerprint density at radius 2 is 2.06 bits per heavy atom. The van der Waals surface area contributed by atoms with Crippen LogP contribution in [0.2, 0.25) is 0 Å². The fourth-order valence-electron chi connectivity index (χ4n) is 2.42. The molecule has 0 heterocycles. The van der Waals surface area contributed by atoms with Crippen molar-refractivity contribution < 1.29 is 9.31 Å². The number of hydrogen-bond donors (Lipinski definition) is 1. The van der Waals surface area contributed by atoms with Crippen molar-refractivity contribution in [2.45, 2.75) is 44.7 Å². The third-order valence-electron chi connectivity index (χ3n) is 3.43. The molecule has 0 aromatic heterocycles. The Labute approximate surface area is 105 Å². The van der Waals surface area contributed by atoms with Gasteiger partial charge in [-0.15, -0.1) is 0 Å².